The number of ether oxygens (including phenoxy) is 2. The van der Waals surface area contributed by atoms with Gasteiger partial charge in [0.05, 0.1) is 18.7 Å². The first-order chi connectivity index (χ1) is 19.2. The van der Waals surface area contributed by atoms with E-state index in [2.05, 4.69) is 32.7 Å². The van der Waals surface area contributed by atoms with Gasteiger partial charge in [-0.1, -0.05) is 24.7 Å². The van der Waals surface area contributed by atoms with E-state index in [4.69, 9.17) is 14.3 Å². The number of unbranched alkanes of at least 4 members (excludes halogenated alkanes) is 1. The molecule has 1 saturated carbocycles. The quantitative estimate of drug-likeness (QED) is 0.257. The largest absolute Gasteiger partial charge is 0.444 e. The lowest BCUT2D eigenvalue weighted by atomic mass is 9.81. The summed E-state index contributed by atoms with van der Waals surface area (Å²) in [6.45, 7) is 13.8. The summed E-state index contributed by atoms with van der Waals surface area (Å²) in [7, 11) is 0. The predicted octanol–water partition coefficient (Wildman–Crippen LogP) is 4.86. The number of piperidine rings is 1. The van der Waals surface area contributed by atoms with Gasteiger partial charge in [0, 0.05) is 18.5 Å². The van der Waals surface area contributed by atoms with Crippen molar-refractivity contribution >= 4 is 35.5 Å². The first-order valence-corrected chi connectivity index (χ1v) is 15.2. The maximum absolute atomic E-state index is 13.0. The number of aromatic nitrogens is 2. The fourth-order valence-corrected chi connectivity index (χ4v) is 6.03. The molecule has 0 radical (unpaired) electrons. The highest BCUT2D eigenvalue weighted by Crippen LogP contribution is 2.43. The molecule has 1 aromatic heterocycles. The lowest BCUT2D eigenvalue weighted by Gasteiger charge is -2.35. The van der Waals surface area contributed by atoms with Gasteiger partial charge < -0.3 is 19.7 Å². The number of hydroxylamine groups is 2. The second-order valence-corrected chi connectivity index (χ2v) is 13.8. The van der Waals surface area contributed by atoms with Crippen LogP contribution in [0.25, 0.3) is 0 Å². The minimum absolute atomic E-state index is 0.0232. The Hall–Kier alpha value is -3.00. The van der Waals surface area contributed by atoms with Gasteiger partial charge in [0.15, 0.2) is 0 Å². The molecule has 41 heavy (non-hydrogen) atoms. The smallest absolute Gasteiger partial charge is 0.437 e. The van der Waals surface area contributed by atoms with Crippen LogP contribution in [0.4, 0.5) is 14.4 Å². The van der Waals surface area contributed by atoms with E-state index in [0.29, 0.717) is 26.0 Å². The van der Waals surface area contributed by atoms with Crippen LogP contribution in [0.1, 0.15) is 109 Å². The minimum atomic E-state index is -0.818. The Labute approximate surface area is 245 Å². The lowest BCUT2D eigenvalue weighted by molar-refractivity contribution is -0.130. The zero-order chi connectivity index (χ0) is 29.9. The minimum Gasteiger partial charge on any atom is -0.444 e. The van der Waals surface area contributed by atoms with Crippen LogP contribution >= 0.6 is 11.3 Å². The van der Waals surface area contributed by atoms with Crippen LogP contribution in [0.5, 0.6) is 0 Å². The summed E-state index contributed by atoms with van der Waals surface area (Å²) in [6, 6.07) is -0.142. The predicted molar refractivity (Wildman–Crippen MR) is 152 cm³/mol. The van der Waals surface area contributed by atoms with Crippen LogP contribution in [0.2, 0.25) is 0 Å². The van der Waals surface area contributed by atoms with E-state index >= 15 is 0 Å². The van der Waals surface area contributed by atoms with Gasteiger partial charge in [0.1, 0.15) is 21.2 Å². The molecule has 2 saturated heterocycles. The van der Waals surface area contributed by atoms with Crippen LogP contribution in [0.15, 0.2) is 4.99 Å². The summed E-state index contributed by atoms with van der Waals surface area (Å²) in [5, 5.41) is 17.9. The maximum Gasteiger partial charge on any atom is 0.437 e. The molecule has 3 fully saturated rings. The number of nitrogens with zero attached hydrogens (tertiary/aromatic N) is 5. The van der Waals surface area contributed by atoms with E-state index in [-0.39, 0.29) is 36.0 Å². The van der Waals surface area contributed by atoms with Gasteiger partial charge in [-0.3, -0.25) is 10.2 Å². The molecule has 2 bridgehead atoms. The number of amides is 4. The molecule has 1 aromatic rings. The molecule has 4 rings (SSSR count). The summed E-state index contributed by atoms with van der Waals surface area (Å²) in [6.07, 6.45) is 3.52. The maximum atomic E-state index is 13.0. The highest BCUT2D eigenvalue weighted by atomic mass is 32.1. The molecule has 2 atom stereocenters. The molecule has 14 heteroatoms. The Balaban J connectivity index is 1.34. The van der Waals surface area contributed by atoms with Crippen molar-refractivity contribution in [1.82, 2.24) is 30.8 Å². The Bertz CT molecular complexity index is 1140. The highest BCUT2D eigenvalue weighted by molar-refractivity contribution is 7.11. The summed E-state index contributed by atoms with van der Waals surface area (Å²) >= 11 is 1.54. The topological polar surface area (TPSA) is 148 Å². The SMILES string of the molecule is CCCCON1C(=O)N2C[C@@H]1CC[C@H]2c1nnc([C@H]2C[C@@H](NC(=NC(=O)OC(C)(C)C)NC(=O)OC(C)(C)C)C2)s1. The van der Waals surface area contributed by atoms with E-state index in [1.165, 1.54) is 0 Å². The van der Waals surface area contributed by atoms with E-state index < -0.39 is 23.4 Å². The lowest BCUT2D eigenvalue weighted by Crippen LogP contribution is -2.51. The summed E-state index contributed by atoms with van der Waals surface area (Å²) in [5.41, 5.74) is -1.44. The van der Waals surface area contributed by atoms with Crippen LogP contribution in [0, 0.1) is 0 Å². The summed E-state index contributed by atoms with van der Waals surface area (Å²) < 4.78 is 10.6. The number of carbonyl (C=O) groups is 3. The third-order valence-electron chi connectivity index (χ3n) is 6.84. The van der Waals surface area contributed by atoms with Gasteiger partial charge in [-0.25, -0.2) is 14.4 Å². The molecule has 0 unspecified atom stereocenters. The van der Waals surface area contributed by atoms with E-state index in [0.717, 1.165) is 35.7 Å². The second-order valence-electron chi connectivity index (χ2n) is 12.8. The number of guanidine groups is 1. The number of nitrogens with one attached hydrogen (secondary N) is 2. The third kappa shape index (κ3) is 8.28. The van der Waals surface area contributed by atoms with E-state index in [1.54, 1.807) is 57.9 Å². The van der Waals surface area contributed by atoms with Gasteiger partial charge in [0.2, 0.25) is 5.96 Å². The molecular formula is C27H43N7O6S. The number of hydrogen-bond acceptors (Lipinski definition) is 9. The van der Waals surface area contributed by atoms with Gasteiger partial charge in [0.25, 0.3) is 0 Å². The second kappa shape index (κ2) is 12.5. The van der Waals surface area contributed by atoms with Crippen molar-refractivity contribution in [2.75, 3.05) is 13.2 Å². The molecule has 13 nitrogen and oxygen atoms in total. The number of fused-ring (bicyclic) bond motifs is 2. The van der Waals surface area contributed by atoms with Crippen LogP contribution < -0.4 is 10.6 Å². The van der Waals surface area contributed by atoms with Crippen LogP contribution in [0.3, 0.4) is 0 Å². The standard InChI is InChI=1S/C27H43N7O6S/c1-8-9-12-38-34-18-10-11-19(33(15-18)25(34)37)21-32-31-20(41-21)16-13-17(14-16)28-22(29-23(35)39-26(2,3)4)30-24(36)40-27(5,6)7/h16-19H,8-15H2,1-7H3,(H2,28,29,30,35,36)/t16-,17+,18-,19-/m0/s1. The van der Waals surface area contributed by atoms with Crippen LogP contribution in [-0.2, 0) is 14.3 Å². The molecule has 228 valence electrons. The fraction of sp³-hybridized carbons (Fsp3) is 0.778. The molecule has 2 aliphatic heterocycles. The molecule has 2 N–H and O–H groups in total. The first kappa shape index (κ1) is 30.9. The number of carbonyl (C=O) groups excluding carboxylic acids is 3. The normalized spacial score (nSPS) is 24.7. The van der Waals surface area contributed by atoms with E-state index in [9.17, 15) is 14.4 Å². The fourth-order valence-electron chi connectivity index (χ4n) is 4.91. The van der Waals surface area contributed by atoms with Crippen molar-refractivity contribution in [1.29, 1.82) is 0 Å². The number of aliphatic imine (C=N–C) groups is 1. The molecule has 3 aliphatic rings. The molecule has 4 amide bonds. The number of urea groups is 1. The van der Waals surface area contributed by atoms with Gasteiger partial charge >= 0.3 is 18.2 Å². The molecule has 1 aliphatic carbocycles. The molecule has 3 heterocycles. The Morgan fingerprint density at radius 1 is 1.05 bits per heavy atom. The van der Waals surface area contributed by atoms with Crippen molar-refractivity contribution in [3.63, 3.8) is 0 Å². The number of rotatable bonds is 7. The Morgan fingerprint density at radius 3 is 2.39 bits per heavy atom. The van der Waals surface area contributed by atoms with Crippen molar-refractivity contribution in [3.8, 4) is 0 Å². The highest BCUT2D eigenvalue weighted by Gasteiger charge is 2.47. The molecule has 0 spiro atoms. The Kier molecular flexibility index (Phi) is 9.42. The van der Waals surface area contributed by atoms with Crippen molar-refractivity contribution in [3.05, 3.63) is 10.0 Å². The number of alkyl carbamates (subject to hydrolysis) is 1. The first-order valence-electron chi connectivity index (χ1n) is 14.4. The van der Waals surface area contributed by atoms with Crippen molar-refractivity contribution in [2.24, 2.45) is 4.99 Å². The Morgan fingerprint density at radius 2 is 1.73 bits per heavy atom. The molecule has 0 aromatic carbocycles. The zero-order valence-electron chi connectivity index (χ0n) is 25.1. The van der Waals surface area contributed by atoms with Crippen LogP contribution in [-0.4, -0.2) is 80.8 Å². The summed E-state index contributed by atoms with van der Waals surface area (Å²) in [4.78, 5) is 49.3. The van der Waals surface area contributed by atoms with Gasteiger partial charge in [-0.2, -0.15) is 5.06 Å². The number of hydrogen-bond donors (Lipinski definition) is 2. The van der Waals surface area contributed by atoms with Crippen molar-refractivity contribution < 1.29 is 28.7 Å². The third-order valence-corrected chi connectivity index (χ3v) is 8.02. The van der Waals surface area contributed by atoms with E-state index in [1.807, 2.05) is 4.90 Å². The zero-order valence-corrected chi connectivity index (χ0v) is 25.9. The van der Waals surface area contributed by atoms with Gasteiger partial charge in [-0.15, -0.1) is 15.2 Å². The summed E-state index contributed by atoms with van der Waals surface area (Å²) in [5.74, 6) is 0.146. The van der Waals surface area contributed by atoms with Crippen molar-refractivity contribution in [2.45, 2.75) is 122 Å². The average molecular weight is 594 g/mol. The average Bonchev–Trinajstić information content (AvgIpc) is 3.38. The monoisotopic (exact) mass is 593 g/mol. The molecular weight excluding hydrogens is 550 g/mol. The van der Waals surface area contributed by atoms with Gasteiger partial charge in [-0.05, 0) is 73.6 Å².